The predicted octanol–water partition coefficient (Wildman–Crippen LogP) is 3.91. The first-order valence-corrected chi connectivity index (χ1v) is 6.36. The molecule has 0 saturated heterocycles. The second-order valence-corrected chi connectivity index (χ2v) is 4.68. The van der Waals surface area contributed by atoms with Gasteiger partial charge in [-0.05, 0) is 17.7 Å². The minimum atomic E-state index is -4.82. The highest BCUT2D eigenvalue weighted by atomic mass is 35.5. The highest BCUT2D eigenvalue weighted by Crippen LogP contribution is 2.32. The number of para-hydroxylation sites is 1. The van der Waals surface area contributed by atoms with Crippen LogP contribution in [0.4, 0.5) is 13.2 Å². The van der Waals surface area contributed by atoms with Crippen LogP contribution in [0.2, 0.25) is 5.02 Å². The molecule has 0 radical (unpaired) electrons. The maximum absolute atomic E-state index is 12.3. The van der Waals surface area contributed by atoms with Crippen LogP contribution in [0.5, 0.6) is 5.75 Å². The molecule has 112 valence electrons. The van der Waals surface area contributed by atoms with Gasteiger partial charge in [-0.3, -0.25) is 4.98 Å². The fourth-order valence-electron chi connectivity index (χ4n) is 1.86. The summed E-state index contributed by atoms with van der Waals surface area (Å²) in [5.74, 6) is -0.428. The number of ether oxygens (including phenoxy) is 1. The summed E-state index contributed by atoms with van der Waals surface area (Å²) in [7, 11) is 0. The summed E-state index contributed by atoms with van der Waals surface area (Å²) >= 11 is 5.92. The van der Waals surface area contributed by atoms with E-state index in [0.717, 1.165) is 6.07 Å². The standard InChI is InChI=1S/C14H11ClF3NO2/c15-11-8-19-6-5-9(11)7-12(20)10-3-1-2-4-13(10)21-14(16,17)18/h1-6,8,12,20H,7H2. The summed E-state index contributed by atoms with van der Waals surface area (Å²) in [6.45, 7) is 0. The molecule has 0 aliphatic carbocycles. The van der Waals surface area contributed by atoms with E-state index < -0.39 is 18.2 Å². The van der Waals surface area contributed by atoms with Crippen LogP contribution in [0, 0.1) is 0 Å². The molecule has 3 nitrogen and oxygen atoms in total. The van der Waals surface area contributed by atoms with Gasteiger partial charge in [0.15, 0.2) is 0 Å². The van der Waals surface area contributed by atoms with E-state index in [4.69, 9.17) is 11.6 Å². The van der Waals surface area contributed by atoms with Crippen LogP contribution in [0.1, 0.15) is 17.2 Å². The largest absolute Gasteiger partial charge is 0.573 e. The van der Waals surface area contributed by atoms with Crippen LogP contribution in [0.25, 0.3) is 0 Å². The third-order valence-electron chi connectivity index (χ3n) is 2.77. The average molecular weight is 318 g/mol. The molecule has 1 N–H and O–H groups in total. The van der Waals surface area contributed by atoms with E-state index >= 15 is 0 Å². The molecule has 2 aromatic rings. The molecule has 1 atom stereocenters. The predicted molar refractivity (Wildman–Crippen MR) is 71.0 cm³/mol. The van der Waals surface area contributed by atoms with Crippen molar-refractivity contribution >= 4 is 11.6 Å². The zero-order valence-corrected chi connectivity index (χ0v) is 11.4. The van der Waals surface area contributed by atoms with Crippen LogP contribution in [0.15, 0.2) is 42.7 Å². The fourth-order valence-corrected chi connectivity index (χ4v) is 2.06. The van der Waals surface area contributed by atoms with Crippen LogP contribution in [-0.2, 0) is 6.42 Å². The molecule has 0 aliphatic heterocycles. The second kappa shape index (κ2) is 6.32. The number of halogens is 4. The molecule has 2 rings (SSSR count). The van der Waals surface area contributed by atoms with Gasteiger partial charge >= 0.3 is 6.36 Å². The molecule has 0 amide bonds. The lowest BCUT2D eigenvalue weighted by molar-refractivity contribution is -0.275. The number of pyridine rings is 1. The number of aromatic nitrogens is 1. The van der Waals surface area contributed by atoms with E-state index in [1.165, 1.54) is 30.6 Å². The lowest BCUT2D eigenvalue weighted by Crippen LogP contribution is -2.19. The van der Waals surface area contributed by atoms with Gasteiger partial charge in [-0.2, -0.15) is 0 Å². The topological polar surface area (TPSA) is 42.4 Å². The van der Waals surface area contributed by atoms with Gasteiger partial charge in [0.05, 0.1) is 11.1 Å². The molecule has 7 heteroatoms. The highest BCUT2D eigenvalue weighted by Gasteiger charge is 2.32. The summed E-state index contributed by atoms with van der Waals surface area (Å²) in [4.78, 5) is 3.80. The Balaban J connectivity index is 2.23. The third kappa shape index (κ3) is 4.34. The van der Waals surface area contributed by atoms with Crippen molar-refractivity contribution in [2.45, 2.75) is 18.9 Å². The number of alkyl halides is 3. The number of aliphatic hydroxyl groups excluding tert-OH is 1. The Bertz CT molecular complexity index is 619. The molecule has 0 fully saturated rings. The van der Waals surface area contributed by atoms with Crippen molar-refractivity contribution in [1.29, 1.82) is 0 Å². The average Bonchev–Trinajstić information content (AvgIpc) is 2.40. The van der Waals surface area contributed by atoms with Crippen molar-refractivity contribution in [3.05, 3.63) is 58.9 Å². The molecule has 1 unspecified atom stereocenters. The van der Waals surface area contributed by atoms with Crippen molar-refractivity contribution in [1.82, 2.24) is 4.98 Å². The maximum Gasteiger partial charge on any atom is 0.573 e. The first-order valence-electron chi connectivity index (χ1n) is 5.98. The summed E-state index contributed by atoms with van der Waals surface area (Å²) < 4.78 is 40.9. The third-order valence-corrected chi connectivity index (χ3v) is 3.11. The minimum Gasteiger partial charge on any atom is -0.405 e. The van der Waals surface area contributed by atoms with E-state index in [2.05, 4.69) is 9.72 Å². The zero-order chi connectivity index (χ0) is 15.5. The summed E-state index contributed by atoms with van der Waals surface area (Å²) in [6, 6.07) is 7.05. The van der Waals surface area contributed by atoms with Gasteiger partial charge in [0.2, 0.25) is 0 Å². The van der Waals surface area contributed by atoms with Gasteiger partial charge in [-0.25, -0.2) is 0 Å². The molecule has 21 heavy (non-hydrogen) atoms. The number of aliphatic hydroxyl groups is 1. The Labute approximate surface area is 124 Å². The number of rotatable bonds is 4. The summed E-state index contributed by atoms with van der Waals surface area (Å²) in [5.41, 5.74) is 0.628. The maximum atomic E-state index is 12.3. The Hall–Kier alpha value is -1.79. The second-order valence-electron chi connectivity index (χ2n) is 4.27. The molecule has 0 aliphatic rings. The lowest BCUT2D eigenvalue weighted by Gasteiger charge is -2.17. The van der Waals surface area contributed by atoms with Crippen molar-refractivity contribution in [3.8, 4) is 5.75 Å². The van der Waals surface area contributed by atoms with Gasteiger partial charge in [-0.1, -0.05) is 29.8 Å². The monoisotopic (exact) mass is 317 g/mol. The van der Waals surface area contributed by atoms with Gasteiger partial charge in [0.1, 0.15) is 5.75 Å². The Morgan fingerprint density at radius 1 is 1.24 bits per heavy atom. The van der Waals surface area contributed by atoms with Gasteiger partial charge in [0, 0.05) is 24.4 Å². The number of nitrogens with zero attached hydrogens (tertiary/aromatic N) is 1. The van der Waals surface area contributed by atoms with E-state index in [1.807, 2.05) is 0 Å². The minimum absolute atomic E-state index is 0.0442. The van der Waals surface area contributed by atoms with E-state index in [1.54, 1.807) is 6.07 Å². The zero-order valence-electron chi connectivity index (χ0n) is 10.6. The van der Waals surface area contributed by atoms with Crippen LogP contribution in [0.3, 0.4) is 0 Å². The number of hydrogen-bond donors (Lipinski definition) is 1. The van der Waals surface area contributed by atoms with Crippen molar-refractivity contribution in [2.75, 3.05) is 0 Å². The van der Waals surface area contributed by atoms with E-state index in [9.17, 15) is 18.3 Å². The molecular weight excluding hydrogens is 307 g/mol. The van der Waals surface area contributed by atoms with E-state index in [0.29, 0.717) is 10.6 Å². The van der Waals surface area contributed by atoms with Crippen molar-refractivity contribution in [2.24, 2.45) is 0 Å². The van der Waals surface area contributed by atoms with Crippen LogP contribution in [-0.4, -0.2) is 16.5 Å². The van der Waals surface area contributed by atoms with Crippen LogP contribution >= 0.6 is 11.6 Å². The van der Waals surface area contributed by atoms with Gasteiger partial charge in [0.25, 0.3) is 0 Å². The van der Waals surface area contributed by atoms with Gasteiger partial charge < -0.3 is 9.84 Å². The summed E-state index contributed by atoms with van der Waals surface area (Å²) in [6.07, 6.45) is -3.04. The molecule has 1 heterocycles. The Morgan fingerprint density at radius 2 is 1.95 bits per heavy atom. The highest BCUT2D eigenvalue weighted by molar-refractivity contribution is 6.31. The summed E-state index contributed by atoms with van der Waals surface area (Å²) in [5, 5.41) is 10.5. The van der Waals surface area contributed by atoms with Crippen molar-refractivity contribution < 1.29 is 23.0 Å². The first kappa shape index (κ1) is 15.6. The molecular formula is C14H11ClF3NO2. The Morgan fingerprint density at radius 3 is 2.62 bits per heavy atom. The van der Waals surface area contributed by atoms with Gasteiger partial charge in [-0.15, -0.1) is 13.2 Å². The SMILES string of the molecule is OC(Cc1ccncc1Cl)c1ccccc1OC(F)(F)F. The van der Waals surface area contributed by atoms with E-state index in [-0.39, 0.29) is 12.0 Å². The smallest absolute Gasteiger partial charge is 0.405 e. The molecule has 1 aromatic carbocycles. The lowest BCUT2D eigenvalue weighted by atomic mass is 10.0. The molecule has 0 bridgehead atoms. The quantitative estimate of drug-likeness (QED) is 0.929. The fraction of sp³-hybridized carbons (Fsp3) is 0.214. The van der Waals surface area contributed by atoms with Crippen molar-refractivity contribution in [3.63, 3.8) is 0 Å². The molecule has 0 saturated carbocycles. The van der Waals surface area contributed by atoms with Crippen LogP contribution < -0.4 is 4.74 Å². The number of hydrogen-bond acceptors (Lipinski definition) is 3. The molecule has 1 aromatic heterocycles. The normalized spacial score (nSPS) is 13.0. The molecule has 0 spiro atoms. The Kier molecular flexibility index (Phi) is 4.69. The first-order chi connectivity index (χ1) is 9.87. The number of benzene rings is 1.